The topological polar surface area (TPSA) is 41.5 Å². The van der Waals surface area contributed by atoms with Crippen LogP contribution in [0.15, 0.2) is 12.1 Å². The Morgan fingerprint density at radius 3 is 2.38 bits per heavy atom. The molecule has 6 heteroatoms. The van der Waals surface area contributed by atoms with Gasteiger partial charge in [0.25, 0.3) is 0 Å². The molecule has 0 spiro atoms. The third-order valence-electron chi connectivity index (χ3n) is 1.82. The highest BCUT2D eigenvalue weighted by Gasteiger charge is 2.11. The molecule has 1 unspecified atom stereocenters. The molecule has 0 bridgehead atoms. The zero-order valence-electron chi connectivity index (χ0n) is 8.64. The lowest BCUT2D eigenvalue weighted by Gasteiger charge is -2.14. The van der Waals surface area contributed by atoms with Crippen molar-refractivity contribution in [1.29, 1.82) is 0 Å². The van der Waals surface area contributed by atoms with Gasteiger partial charge in [-0.15, -0.1) is 0 Å². The maximum absolute atomic E-state index is 9.45. The smallest absolute Gasteiger partial charge is 0.156 e. The highest BCUT2D eigenvalue weighted by molar-refractivity contribution is 6.40. The molecule has 0 aromatic heterocycles. The van der Waals surface area contributed by atoms with Gasteiger partial charge in [0.05, 0.1) is 10.0 Å². The van der Waals surface area contributed by atoms with Gasteiger partial charge in [-0.3, -0.25) is 0 Å². The molecule has 0 aliphatic rings. The Morgan fingerprint density at radius 1 is 1.31 bits per heavy atom. The van der Waals surface area contributed by atoms with Crippen LogP contribution in [-0.2, 0) is 0 Å². The first-order valence-electron chi connectivity index (χ1n) is 4.64. The predicted octanol–water partition coefficient (Wildman–Crippen LogP) is 2.61. The molecule has 2 N–H and O–H groups in total. The molecule has 16 heavy (non-hydrogen) atoms. The second kappa shape index (κ2) is 6.52. The van der Waals surface area contributed by atoms with Gasteiger partial charge in [0.15, 0.2) is 5.75 Å². The van der Waals surface area contributed by atoms with E-state index in [1.54, 1.807) is 7.05 Å². The van der Waals surface area contributed by atoms with Crippen LogP contribution in [-0.4, -0.2) is 31.4 Å². The number of nitrogens with one attached hydrogen (secondary N) is 1. The summed E-state index contributed by atoms with van der Waals surface area (Å²) in [5.41, 5.74) is 0. The van der Waals surface area contributed by atoms with Gasteiger partial charge < -0.3 is 15.2 Å². The van der Waals surface area contributed by atoms with Crippen molar-refractivity contribution in [3.63, 3.8) is 0 Å². The Labute approximate surface area is 109 Å². The molecular formula is C10H12Cl3NO2. The maximum atomic E-state index is 9.45. The summed E-state index contributed by atoms with van der Waals surface area (Å²) < 4.78 is 5.32. The van der Waals surface area contributed by atoms with E-state index in [0.29, 0.717) is 27.4 Å². The summed E-state index contributed by atoms with van der Waals surface area (Å²) in [4.78, 5) is 0. The summed E-state index contributed by atoms with van der Waals surface area (Å²) >= 11 is 17.6. The Balaban J connectivity index is 2.67. The van der Waals surface area contributed by atoms with Crippen LogP contribution in [0.4, 0.5) is 0 Å². The Bertz CT molecular complexity index is 337. The van der Waals surface area contributed by atoms with E-state index in [0.717, 1.165) is 0 Å². The molecule has 90 valence electrons. The molecule has 1 rings (SSSR count). The minimum absolute atomic E-state index is 0.113. The van der Waals surface area contributed by atoms with Crippen molar-refractivity contribution in [2.45, 2.75) is 6.10 Å². The molecule has 0 saturated carbocycles. The van der Waals surface area contributed by atoms with E-state index in [4.69, 9.17) is 39.5 Å². The standard InChI is InChI=1S/C10H12Cl3NO2/c1-14-4-7(15)5-16-10-8(12)2-6(11)3-9(10)13/h2-3,7,14-15H,4-5H2,1H3. The first-order chi connectivity index (χ1) is 7.54. The van der Waals surface area contributed by atoms with Crippen LogP contribution < -0.4 is 10.1 Å². The van der Waals surface area contributed by atoms with Gasteiger partial charge in [-0.2, -0.15) is 0 Å². The van der Waals surface area contributed by atoms with Gasteiger partial charge in [0, 0.05) is 11.6 Å². The zero-order valence-corrected chi connectivity index (χ0v) is 10.9. The minimum atomic E-state index is -0.618. The van der Waals surface area contributed by atoms with Gasteiger partial charge in [-0.25, -0.2) is 0 Å². The highest BCUT2D eigenvalue weighted by Crippen LogP contribution is 2.35. The van der Waals surface area contributed by atoms with Gasteiger partial charge in [-0.1, -0.05) is 34.8 Å². The van der Waals surface area contributed by atoms with Gasteiger partial charge >= 0.3 is 0 Å². The Kier molecular flexibility index (Phi) is 5.66. The highest BCUT2D eigenvalue weighted by atomic mass is 35.5. The molecule has 0 fully saturated rings. The van der Waals surface area contributed by atoms with Crippen molar-refractivity contribution in [2.75, 3.05) is 20.2 Å². The summed E-state index contributed by atoms with van der Waals surface area (Å²) in [7, 11) is 1.74. The SMILES string of the molecule is CNCC(O)COc1c(Cl)cc(Cl)cc1Cl. The van der Waals surface area contributed by atoms with E-state index in [1.165, 1.54) is 12.1 Å². The molecule has 1 atom stereocenters. The van der Waals surface area contributed by atoms with Crippen molar-refractivity contribution in [2.24, 2.45) is 0 Å². The monoisotopic (exact) mass is 283 g/mol. The van der Waals surface area contributed by atoms with E-state index >= 15 is 0 Å². The van der Waals surface area contributed by atoms with Crippen molar-refractivity contribution < 1.29 is 9.84 Å². The minimum Gasteiger partial charge on any atom is -0.488 e. The van der Waals surface area contributed by atoms with Crippen LogP contribution in [0.3, 0.4) is 0 Å². The summed E-state index contributed by atoms with van der Waals surface area (Å²) in [6, 6.07) is 3.07. The third-order valence-corrected chi connectivity index (χ3v) is 2.60. The average molecular weight is 285 g/mol. The van der Waals surface area contributed by atoms with Gasteiger partial charge in [-0.05, 0) is 19.2 Å². The number of ether oxygens (including phenoxy) is 1. The van der Waals surface area contributed by atoms with E-state index in [2.05, 4.69) is 5.32 Å². The average Bonchev–Trinajstić information content (AvgIpc) is 2.16. The molecule has 3 nitrogen and oxygen atoms in total. The van der Waals surface area contributed by atoms with Crippen molar-refractivity contribution in [1.82, 2.24) is 5.32 Å². The quantitative estimate of drug-likeness (QED) is 0.873. The molecule has 0 heterocycles. The number of aliphatic hydroxyl groups excluding tert-OH is 1. The van der Waals surface area contributed by atoms with Gasteiger partial charge in [0.1, 0.15) is 12.7 Å². The number of benzene rings is 1. The summed E-state index contributed by atoms with van der Waals surface area (Å²) in [6.07, 6.45) is -0.618. The van der Waals surface area contributed by atoms with Gasteiger partial charge in [0.2, 0.25) is 0 Å². The van der Waals surface area contributed by atoms with E-state index in [-0.39, 0.29) is 6.61 Å². The molecule has 0 saturated heterocycles. The van der Waals surface area contributed by atoms with Crippen LogP contribution in [0.1, 0.15) is 0 Å². The maximum Gasteiger partial charge on any atom is 0.156 e. The lowest BCUT2D eigenvalue weighted by atomic mass is 10.3. The lowest BCUT2D eigenvalue weighted by Crippen LogP contribution is -2.29. The number of likely N-dealkylation sites (N-methyl/N-ethyl adjacent to an activating group) is 1. The summed E-state index contributed by atoms with van der Waals surface area (Å²) in [5.74, 6) is 0.336. The molecule has 0 amide bonds. The Morgan fingerprint density at radius 2 is 1.88 bits per heavy atom. The molecule has 1 aromatic carbocycles. The first-order valence-corrected chi connectivity index (χ1v) is 5.78. The number of aliphatic hydroxyl groups is 1. The van der Waals surface area contributed by atoms with Crippen LogP contribution >= 0.6 is 34.8 Å². The van der Waals surface area contributed by atoms with Crippen LogP contribution in [0.2, 0.25) is 15.1 Å². The second-order valence-electron chi connectivity index (χ2n) is 3.22. The number of hydrogen-bond donors (Lipinski definition) is 2. The largest absolute Gasteiger partial charge is 0.488 e. The van der Waals surface area contributed by atoms with E-state index < -0.39 is 6.10 Å². The number of halogens is 3. The first kappa shape index (κ1) is 13.9. The fraction of sp³-hybridized carbons (Fsp3) is 0.400. The molecule has 0 aliphatic heterocycles. The van der Waals surface area contributed by atoms with Crippen LogP contribution in [0.25, 0.3) is 0 Å². The zero-order chi connectivity index (χ0) is 12.1. The van der Waals surface area contributed by atoms with Crippen LogP contribution in [0, 0.1) is 0 Å². The fourth-order valence-electron chi connectivity index (χ4n) is 1.14. The van der Waals surface area contributed by atoms with Crippen molar-refractivity contribution in [3.05, 3.63) is 27.2 Å². The molecular weight excluding hydrogens is 272 g/mol. The lowest BCUT2D eigenvalue weighted by molar-refractivity contribution is 0.108. The fourth-order valence-corrected chi connectivity index (χ4v) is 2.07. The summed E-state index contributed by atoms with van der Waals surface area (Å²) in [6.45, 7) is 0.546. The van der Waals surface area contributed by atoms with Crippen molar-refractivity contribution >= 4 is 34.8 Å². The van der Waals surface area contributed by atoms with E-state index in [1.807, 2.05) is 0 Å². The van der Waals surface area contributed by atoms with E-state index in [9.17, 15) is 5.11 Å². The number of hydrogen-bond acceptors (Lipinski definition) is 3. The number of rotatable bonds is 5. The second-order valence-corrected chi connectivity index (χ2v) is 4.47. The third kappa shape index (κ3) is 4.00. The molecule has 1 aromatic rings. The molecule has 0 aliphatic carbocycles. The molecule has 0 radical (unpaired) electrons. The van der Waals surface area contributed by atoms with Crippen LogP contribution in [0.5, 0.6) is 5.75 Å². The normalized spacial score (nSPS) is 12.6. The Hall–Kier alpha value is -0.190. The summed E-state index contributed by atoms with van der Waals surface area (Å²) in [5, 5.41) is 13.4. The predicted molar refractivity (Wildman–Crippen MR) is 66.9 cm³/mol. The van der Waals surface area contributed by atoms with Crippen molar-refractivity contribution in [3.8, 4) is 5.75 Å².